The first-order valence-electron chi connectivity index (χ1n) is 13.1. The van der Waals surface area contributed by atoms with E-state index in [2.05, 4.69) is 15.4 Å². The lowest BCUT2D eigenvalue weighted by molar-refractivity contribution is -0.130. The number of halogens is 1. The van der Waals surface area contributed by atoms with Gasteiger partial charge in [-0.05, 0) is 48.0 Å². The van der Waals surface area contributed by atoms with Crippen LogP contribution < -0.4 is 29.0 Å². The maximum Gasteiger partial charge on any atom is 0.264 e. The fourth-order valence-electron chi connectivity index (χ4n) is 4.75. The molecule has 5 rings (SSSR count). The summed E-state index contributed by atoms with van der Waals surface area (Å²) in [6.45, 7) is 1.17. The van der Waals surface area contributed by atoms with Crippen LogP contribution in [0.2, 0.25) is 5.02 Å². The van der Waals surface area contributed by atoms with Gasteiger partial charge in [-0.15, -0.1) is 0 Å². The SMILES string of the molecule is COc1ccc(C2CC(c3cc(OC)c(OC)c(OC)c3)=NN2C(C)=O)cc1OCC(=O)Nc1nc2cc(Cl)ccc2s1. The van der Waals surface area contributed by atoms with Crippen LogP contribution in [0.25, 0.3) is 10.2 Å². The highest BCUT2D eigenvalue weighted by Crippen LogP contribution is 2.42. The lowest BCUT2D eigenvalue weighted by Crippen LogP contribution is -2.24. The molecule has 13 heteroatoms. The summed E-state index contributed by atoms with van der Waals surface area (Å²) in [5.74, 6) is 1.57. The molecule has 43 heavy (non-hydrogen) atoms. The maximum atomic E-state index is 12.7. The summed E-state index contributed by atoms with van der Waals surface area (Å²) in [5.41, 5.74) is 2.83. The van der Waals surface area contributed by atoms with Crippen molar-refractivity contribution in [3.05, 3.63) is 64.7 Å². The van der Waals surface area contributed by atoms with E-state index in [1.54, 1.807) is 36.4 Å². The van der Waals surface area contributed by atoms with Crippen molar-refractivity contribution < 1.29 is 33.3 Å². The van der Waals surface area contributed by atoms with E-state index in [-0.39, 0.29) is 12.5 Å². The molecule has 11 nitrogen and oxygen atoms in total. The molecule has 1 atom stereocenters. The molecule has 1 unspecified atom stereocenters. The normalized spacial score (nSPS) is 14.3. The summed E-state index contributed by atoms with van der Waals surface area (Å²) in [4.78, 5) is 29.8. The first kappa shape index (κ1) is 29.9. The quantitative estimate of drug-likeness (QED) is 0.239. The summed E-state index contributed by atoms with van der Waals surface area (Å²) >= 11 is 7.38. The van der Waals surface area contributed by atoms with Gasteiger partial charge < -0.3 is 23.7 Å². The number of carbonyl (C=O) groups is 2. The maximum absolute atomic E-state index is 12.7. The number of amides is 2. The second kappa shape index (κ2) is 12.8. The van der Waals surface area contributed by atoms with Gasteiger partial charge in [0.15, 0.2) is 34.7 Å². The standard InChI is InChI=1S/C30H29ClN4O7S/c1-16(36)35-22(14-20(34-35)18-11-25(39-3)29(41-5)26(12-18)40-4)17-6-8-23(38-2)24(10-17)42-15-28(37)33-30-32-21-13-19(31)7-9-27(21)43-30/h6-13,22H,14-15H2,1-5H3,(H,32,33,37). The van der Waals surface area contributed by atoms with E-state index >= 15 is 0 Å². The minimum absolute atomic E-state index is 0.234. The number of anilines is 1. The monoisotopic (exact) mass is 624 g/mol. The number of fused-ring (bicyclic) bond motifs is 1. The van der Waals surface area contributed by atoms with Crippen molar-refractivity contribution in [3.63, 3.8) is 0 Å². The van der Waals surface area contributed by atoms with Crippen molar-refractivity contribution in [1.29, 1.82) is 0 Å². The Bertz CT molecular complexity index is 1700. The molecule has 0 spiro atoms. The number of nitrogens with one attached hydrogen (secondary N) is 1. The highest BCUT2D eigenvalue weighted by molar-refractivity contribution is 7.22. The number of nitrogens with zero attached hydrogens (tertiary/aromatic N) is 3. The summed E-state index contributed by atoms with van der Waals surface area (Å²) in [6, 6.07) is 13.8. The number of hydrazone groups is 1. The summed E-state index contributed by atoms with van der Waals surface area (Å²) in [5, 5.41) is 9.83. The number of thiazole rings is 1. The van der Waals surface area contributed by atoms with Gasteiger partial charge in [0.1, 0.15) is 0 Å². The number of carbonyl (C=O) groups excluding carboxylic acids is 2. The van der Waals surface area contributed by atoms with E-state index in [1.165, 1.54) is 51.7 Å². The molecule has 1 N–H and O–H groups in total. The molecular weight excluding hydrogens is 596 g/mol. The Morgan fingerprint density at radius 3 is 2.33 bits per heavy atom. The van der Waals surface area contributed by atoms with Crippen molar-refractivity contribution in [2.45, 2.75) is 19.4 Å². The number of hydrogen-bond donors (Lipinski definition) is 1. The minimum Gasteiger partial charge on any atom is -0.493 e. The Balaban J connectivity index is 1.35. The fraction of sp³-hybridized carbons (Fsp3) is 0.267. The highest BCUT2D eigenvalue weighted by Gasteiger charge is 2.33. The van der Waals surface area contributed by atoms with Crippen LogP contribution in [0.4, 0.5) is 5.13 Å². The van der Waals surface area contributed by atoms with E-state index in [0.717, 1.165) is 15.8 Å². The van der Waals surface area contributed by atoms with E-state index in [1.807, 2.05) is 12.1 Å². The van der Waals surface area contributed by atoms with Gasteiger partial charge in [-0.2, -0.15) is 5.10 Å². The molecule has 0 aliphatic carbocycles. The number of methoxy groups -OCH3 is 4. The van der Waals surface area contributed by atoms with Crippen molar-refractivity contribution in [2.75, 3.05) is 40.4 Å². The van der Waals surface area contributed by atoms with Crippen molar-refractivity contribution in [3.8, 4) is 28.7 Å². The van der Waals surface area contributed by atoms with E-state index in [4.69, 9.17) is 35.3 Å². The van der Waals surface area contributed by atoms with E-state index in [0.29, 0.717) is 56.6 Å². The smallest absolute Gasteiger partial charge is 0.264 e. The first-order valence-corrected chi connectivity index (χ1v) is 14.3. The second-order valence-electron chi connectivity index (χ2n) is 9.42. The van der Waals surface area contributed by atoms with Crippen LogP contribution in [0.3, 0.4) is 0 Å². The topological polar surface area (TPSA) is 121 Å². The lowest BCUT2D eigenvalue weighted by atomic mass is 9.97. The molecule has 2 amide bonds. The van der Waals surface area contributed by atoms with Crippen LogP contribution in [-0.4, -0.2) is 62.6 Å². The Hall–Kier alpha value is -4.55. The van der Waals surface area contributed by atoms with Crippen molar-refractivity contribution >= 4 is 55.8 Å². The van der Waals surface area contributed by atoms with Crippen LogP contribution in [0.15, 0.2) is 53.6 Å². The van der Waals surface area contributed by atoms with Gasteiger partial charge in [-0.3, -0.25) is 14.9 Å². The largest absolute Gasteiger partial charge is 0.493 e. The highest BCUT2D eigenvalue weighted by atomic mass is 35.5. The predicted octanol–water partition coefficient (Wildman–Crippen LogP) is 5.70. The van der Waals surface area contributed by atoms with Crippen molar-refractivity contribution in [1.82, 2.24) is 9.99 Å². The third-order valence-corrected chi connectivity index (χ3v) is 7.95. The Labute approximate surface area is 256 Å². The van der Waals surface area contributed by atoms with Gasteiger partial charge in [-0.25, -0.2) is 9.99 Å². The molecule has 4 aromatic rings. The Morgan fingerprint density at radius 2 is 1.67 bits per heavy atom. The van der Waals surface area contributed by atoms with Gasteiger partial charge in [0.25, 0.3) is 5.91 Å². The number of ether oxygens (including phenoxy) is 5. The van der Waals surface area contributed by atoms with Crippen LogP contribution in [-0.2, 0) is 9.59 Å². The third kappa shape index (κ3) is 6.30. The zero-order valence-electron chi connectivity index (χ0n) is 24.1. The van der Waals surface area contributed by atoms with Crippen LogP contribution in [0.5, 0.6) is 28.7 Å². The molecule has 1 aliphatic heterocycles. The Kier molecular flexibility index (Phi) is 8.88. The second-order valence-corrected chi connectivity index (χ2v) is 10.9. The van der Waals surface area contributed by atoms with Crippen LogP contribution >= 0.6 is 22.9 Å². The van der Waals surface area contributed by atoms with Gasteiger partial charge in [0, 0.05) is 23.9 Å². The van der Waals surface area contributed by atoms with Gasteiger partial charge in [0.2, 0.25) is 11.7 Å². The van der Waals surface area contributed by atoms with Crippen molar-refractivity contribution in [2.24, 2.45) is 5.10 Å². The Morgan fingerprint density at radius 1 is 0.953 bits per heavy atom. The zero-order chi connectivity index (χ0) is 30.7. The molecule has 0 bridgehead atoms. The molecule has 1 aromatic heterocycles. The third-order valence-electron chi connectivity index (χ3n) is 6.76. The average Bonchev–Trinajstić information content (AvgIpc) is 3.63. The van der Waals surface area contributed by atoms with Gasteiger partial charge in [0.05, 0.1) is 50.4 Å². The summed E-state index contributed by atoms with van der Waals surface area (Å²) < 4.78 is 28.7. The van der Waals surface area contributed by atoms with Gasteiger partial charge >= 0.3 is 0 Å². The molecule has 0 fully saturated rings. The molecule has 1 aliphatic rings. The summed E-state index contributed by atoms with van der Waals surface area (Å²) in [7, 11) is 6.12. The zero-order valence-corrected chi connectivity index (χ0v) is 25.7. The summed E-state index contributed by atoms with van der Waals surface area (Å²) in [6.07, 6.45) is 0.409. The minimum atomic E-state index is -0.428. The predicted molar refractivity (Wildman–Crippen MR) is 164 cm³/mol. The number of hydrogen-bond acceptors (Lipinski definition) is 10. The molecule has 0 radical (unpaired) electrons. The molecule has 224 valence electrons. The van der Waals surface area contributed by atoms with E-state index < -0.39 is 11.9 Å². The number of aromatic nitrogens is 1. The van der Waals surface area contributed by atoms with E-state index in [9.17, 15) is 9.59 Å². The fourth-order valence-corrected chi connectivity index (χ4v) is 5.78. The molecule has 3 aromatic carbocycles. The molecular formula is C30H29ClN4O7S. The lowest BCUT2D eigenvalue weighted by Gasteiger charge is -2.21. The average molecular weight is 625 g/mol. The molecule has 0 saturated carbocycles. The number of benzene rings is 3. The molecule has 2 heterocycles. The van der Waals surface area contributed by atoms with Gasteiger partial charge in [-0.1, -0.05) is 29.0 Å². The first-order chi connectivity index (χ1) is 20.7. The van der Waals surface area contributed by atoms with Crippen LogP contribution in [0, 0.1) is 0 Å². The van der Waals surface area contributed by atoms with Crippen LogP contribution in [0.1, 0.15) is 30.5 Å². The number of rotatable bonds is 10. The molecule has 0 saturated heterocycles.